The molecular formula is C29H19BrClNO. The Hall–Kier alpha value is -3.40. The second-order valence-corrected chi connectivity index (χ2v) is 9.03. The smallest absolute Gasteiger partial charge is 0.219 e. The van der Waals surface area contributed by atoms with Crippen LogP contribution in [0.4, 0.5) is 0 Å². The number of hydrogen-bond acceptors (Lipinski definition) is 1. The standard InChI is InChI=1S/C29H19BrClNO/c30-24-13-11-22(12-14-24)28-18-23(20-7-3-1-4-8-20)17-27(21-9-5-2-6-10-21)32(28)25-15-16-26(31)29(33)19-25/h1-19H. The van der Waals surface area contributed by atoms with Gasteiger partial charge < -0.3 is 5.11 Å². The molecule has 0 saturated heterocycles. The number of aromatic nitrogens is 1. The van der Waals surface area contributed by atoms with E-state index < -0.39 is 0 Å². The minimum atomic E-state index is -0.199. The van der Waals surface area contributed by atoms with Crippen LogP contribution < -0.4 is 9.67 Å². The summed E-state index contributed by atoms with van der Waals surface area (Å²) in [5.74, 6) is -0.199. The molecule has 0 bridgehead atoms. The second kappa shape index (κ2) is 9.22. The quantitative estimate of drug-likeness (QED) is 0.230. The van der Waals surface area contributed by atoms with Crippen molar-refractivity contribution >= 4 is 27.5 Å². The van der Waals surface area contributed by atoms with Crippen LogP contribution >= 0.6 is 27.5 Å². The largest absolute Gasteiger partial charge is 0.871 e. The first-order chi connectivity index (χ1) is 16.1. The summed E-state index contributed by atoms with van der Waals surface area (Å²) in [5.41, 5.74) is 7.04. The molecule has 0 saturated carbocycles. The van der Waals surface area contributed by atoms with Gasteiger partial charge in [0.1, 0.15) is 0 Å². The molecule has 2 nitrogen and oxygen atoms in total. The van der Waals surface area contributed by atoms with Gasteiger partial charge in [-0.15, -0.1) is 0 Å². The van der Waals surface area contributed by atoms with E-state index >= 15 is 0 Å². The summed E-state index contributed by atoms with van der Waals surface area (Å²) in [6, 6.07) is 38.2. The fourth-order valence-electron chi connectivity index (χ4n) is 3.96. The Morgan fingerprint density at radius 2 is 1.12 bits per heavy atom. The van der Waals surface area contributed by atoms with Gasteiger partial charge in [-0.2, -0.15) is 4.57 Å². The van der Waals surface area contributed by atoms with Gasteiger partial charge in [0.25, 0.3) is 0 Å². The molecule has 0 radical (unpaired) electrons. The summed E-state index contributed by atoms with van der Waals surface area (Å²) in [4.78, 5) is 0. The fourth-order valence-corrected chi connectivity index (χ4v) is 4.34. The van der Waals surface area contributed by atoms with Crippen LogP contribution in [0.5, 0.6) is 5.75 Å². The van der Waals surface area contributed by atoms with E-state index in [0.717, 1.165) is 43.8 Å². The van der Waals surface area contributed by atoms with Gasteiger partial charge in [-0.05, 0) is 53.6 Å². The Morgan fingerprint density at radius 1 is 0.576 bits per heavy atom. The lowest BCUT2D eigenvalue weighted by Crippen LogP contribution is -2.36. The van der Waals surface area contributed by atoms with Crippen molar-refractivity contribution in [3.05, 3.63) is 125 Å². The maximum atomic E-state index is 12.5. The second-order valence-electron chi connectivity index (χ2n) is 7.70. The van der Waals surface area contributed by atoms with Crippen LogP contribution in [0.3, 0.4) is 0 Å². The molecular weight excluding hydrogens is 494 g/mol. The SMILES string of the molecule is [O-]c1cc(-[n+]2c(-c3ccccc3)cc(-c3ccccc3)cc2-c2ccc(Br)cc2)ccc1Cl. The van der Waals surface area contributed by atoms with E-state index in [0.29, 0.717) is 0 Å². The lowest BCUT2D eigenvalue weighted by atomic mass is 9.98. The van der Waals surface area contributed by atoms with Gasteiger partial charge >= 0.3 is 0 Å². The number of benzene rings is 4. The molecule has 4 heteroatoms. The lowest BCUT2D eigenvalue weighted by molar-refractivity contribution is -0.572. The van der Waals surface area contributed by atoms with Gasteiger partial charge in [0.05, 0.1) is 0 Å². The van der Waals surface area contributed by atoms with E-state index in [4.69, 9.17) is 11.6 Å². The molecule has 0 aliphatic heterocycles. The molecule has 1 heterocycles. The van der Waals surface area contributed by atoms with Gasteiger partial charge in [-0.3, -0.25) is 0 Å². The molecule has 4 aromatic carbocycles. The maximum absolute atomic E-state index is 12.5. The Kier molecular flexibility index (Phi) is 5.99. The predicted molar refractivity (Wildman–Crippen MR) is 136 cm³/mol. The summed E-state index contributed by atoms with van der Waals surface area (Å²) in [5, 5.41) is 12.7. The topological polar surface area (TPSA) is 26.9 Å². The Labute approximate surface area is 206 Å². The van der Waals surface area contributed by atoms with Crippen molar-refractivity contribution in [2.24, 2.45) is 0 Å². The number of rotatable bonds is 4. The third kappa shape index (κ3) is 4.43. The van der Waals surface area contributed by atoms with Crippen molar-refractivity contribution < 1.29 is 9.67 Å². The van der Waals surface area contributed by atoms with Crippen LogP contribution in [-0.2, 0) is 0 Å². The highest BCUT2D eigenvalue weighted by Crippen LogP contribution is 2.32. The van der Waals surface area contributed by atoms with E-state index in [9.17, 15) is 5.11 Å². The molecule has 160 valence electrons. The Bertz CT molecular complexity index is 1420. The summed E-state index contributed by atoms with van der Waals surface area (Å²) in [6.45, 7) is 0. The first-order valence-corrected chi connectivity index (χ1v) is 11.7. The summed E-state index contributed by atoms with van der Waals surface area (Å²) >= 11 is 9.62. The van der Waals surface area contributed by atoms with E-state index in [1.54, 1.807) is 12.1 Å². The molecule has 0 aliphatic carbocycles. The molecule has 33 heavy (non-hydrogen) atoms. The summed E-state index contributed by atoms with van der Waals surface area (Å²) in [6.07, 6.45) is 0. The lowest BCUT2D eigenvalue weighted by Gasteiger charge is -2.14. The highest BCUT2D eigenvalue weighted by atomic mass is 79.9. The maximum Gasteiger partial charge on any atom is 0.219 e. The zero-order valence-electron chi connectivity index (χ0n) is 17.6. The Morgan fingerprint density at radius 3 is 1.70 bits per heavy atom. The van der Waals surface area contributed by atoms with E-state index in [2.05, 4.69) is 69.0 Å². The van der Waals surface area contributed by atoms with Crippen molar-refractivity contribution in [1.29, 1.82) is 0 Å². The van der Waals surface area contributed by atoms with Crippen LogP contribution in [-0.4, -0.2) is 0 Å². The molecule has 1 aromatic heterocycles. The minimum absolute atomic E-state index is 0.199. The van der Waals surface area contributed by atoms with Crippen LogP contribution in [0, 0.1) is 0 Å². The van der Waals surface area contributed by atoms with E-state index in [-0.39, 0.29) is 10.8 Å². The van der Waals surface area contributed by atoms with Crippen molar-refractivity contribution in [3.8, 4) is 45.1 Å². The zero-order valence-corrected chi connectivity index (χ0v) is 19.9. The van der Waals surface area contributed by atoms with Crippen LogP contribution in [0.1, 0.15) is 0 Å². The van der Waals surface area contributed by atoms with Crippen molar-refractivity contribution in [1.82, 2.24) is 0 Å². The van der Waals surface area contributed by atoms with Crippen LogP contribution in [0.2, 0.25) is 5.02 Å². The number of halogens is 2. The fraction of sp³-hybridized carbons (Fsp3) is 0. The molecule has 0 aliphatic rings. The molecule has 0 unspecified atom stereocenters. The van der Waals surface area contributed by atoms with Gasteiger partial charge in [0.2, 0.25) is 17.1 Å². The average Bonchev–Trinajstić information content (AvgIpc) is 2.86. The van der Waals surface area contributed by atoms with Crippen molar-refractivity contribution in [2.75, 3.05) is 0 Å². The number of hydrogen-bond donors (Lipinski definition) is 0. The molecule has 0 atom stereocenters. The Balaban J connectivity index is 1.88. The molecule has 5 aromatic rings. The highest BCUT2D eigenvalue weighted by molar-refractivity contribution is 9.10. The van der Waals surface area contributed by atoms with Crippen molar-refractivity contribution in [2.45, 2.75) is 0 Å². The first-order valence-electron chi connectivity index (χ1n) is 10.5. The molecule has 5 rings (SSSR count). The predicted octanol–water partition coefficient (Wildman–Crippen LogP) is 7.45. The minimum Gasteiger partial charge on any atom is -0.871 e. The molecule has 0 fully saturated rings. The molecule has 0 N–H and O–H groups in total. The molecule has 0 spiro atoms. The first kappa shape index (κ1) is 21.4. The zero-order chi connectivity index (χ0) is 22.8. The monoisotopic (exact) mass is 511 g/mol. The third-order valence-electron chi connectivity index (χ3n) is 5.56. The third-order valence-corrected chi connectivity index (χ3v) is 6.40. The number of pyridine rings is 1. The van der Waals surface area contributed by atoms with Crippen LogP contribution in [0.15, 0.2) is 120 Å². The average molecular weight is 513 g/mol. The van der Waals surface area contributed by atoms with Gasteiger partial charge in [-0.25, -0.2) is 0 Å². The number of nitrogens with zero attached hydrogens (tertiary/aromatic N) is 1. The van der Waals surface area contributed by atoms with Gasteiger partial charge in [-0.1, -0.05) is 81.8 Å². The van der Waals surface area contributed by atoms with E-state index in [1.807, 2.05) is 54.6 Å². The van der Waals surface area contributed by atoms with Crippen molar-refractivity contribution in [3.63, 3.8) is 0 Å². The normalized spacial score (nSPS) is 10.8. The van der Waals surface area contributed by atoms with E-state index in [1.165, 1.54) is 0 Å². The van der Waals surface area contributed by atoms with Gasteiger partial charge in [0.15, 0.2) is 0 Å². The summed E-state index contributed by atoms with van der Waals surface area (Å²) in [7, 11) is 0. The van der Waals surface area contributed by atoms with Gasteiger partial charge in [0, 0.05) is 44.9 Å². The highest BCUT2D eigenvalue weighted by Gasteiger charge is 2.25. The summed E-state index contributed by atoms with van der Waals surface area (Å²) < 4.78 is 3.14. The molecule has 0 amide bonds. The van der Waals surface area contributed by atoms with Crippen LogP contribution in [0.25, 0.3) is 39.3 Å².